The molecule has 0 bridgehead atoms. The number of benzene rings is 1. The Bertz CT molecular complexity index is 1360. The normalized spacial score (nSPS) is 13.2. The van der Waals surface area contributed by atoms with E-state index in [0.717, 1.165) is 58.8 Å². The molecule has 6 nitrogen and oxygen atoms in total. The number of halogens is 1. The number of fused-ring (bicyclic) bond motifs is 1. The summed E-state index contributed by atoms with van der Waals surface area (Å²) >= 11 is 7.43. The Morgan fingerprint density at radius 3 is 2.63 bits per heavy atom. The van der Waals surface area contributed by atoms with Gasteiger partial charge in [0.1, 0.15) is 16.6 Å². The van der Waals surface area contributed by atoms with E-state index >= 15 is 0 Å². The van der Waals surface area contributed by atoms with Crippen molar-refractivity contribution in [2.24, 2.45) is 0 Å². The molecule has 8 heteroatoms. The molecule has 35 heavy (non-hydrogen) atoms. The molecule has 1 aliphatic carbocycles. The van der Waals surface area contributed by atoms with Crippen molar-refractivity contribution in [3.63, 3.8) is 0 Å². The molecule has 180 valence electrons. The molecule has 1 aliphatic rings. The first-order valence-electron chi connectivity index (χ1n) is 11.5. The number of nitrogens with zero attached hydrogens (tertiary/aromatic N) is 2. The molecule has 0 aliphatic heterocycles. The number of carbonyl (C=O) groups is 2. The maximum Gasteiger partial charge on any atom is 0.341 e. The number of rotatable bonds is 6. The third kappa shape index (κ3) is 5.04. The lowest BCUT2D eigenvalue weighted by Crippen LogP contribution is -2.16. The molecule has 0 fully saturated rings. The van der Waals surface area contributed by atoms with Crippen LogP contribution in [0.1, 0.15) is 57.5 Å². The number of nitriles is 1. The van der Waals surface area contributed by atoms with Gasteiger partial charge in [-0.1, -0.05) is 11.6 Å². The van der Waals surface area contributed by atoms with Crippen molar-refractivity contribution in [3.8, 4) is 11.8 Å². The van der Waals surface area contributed by atoms with Crippen LogP contribution in [-0.4, -0.2) is 23.1 Å². The number of esters is 1. The van der Waals surface area contributed by atoms with E-state index in [4.69, 9.17) is 16.3 Å². The van der Waals surface area contributed by atoms with Crippen molar-refractivity contribution in [3.05, 3.63) is 73.9 Å². The number of hydrogen-bond donors (Lipinski definition) is 1. The lowest BCUT2D eigenvalue weighted by atomic mass is 9.95. The largest absolute Gasteiger partial charge is 0.462 e. The lowest BCUT2D eigenvalue weighted by Gasteiger charge is -2.12. The molecule has 4 rings (SSSR count). The quantitative estimate of drug-likeness (QED) is 0.237. The molecule has 0 spiro atoms. The van der Waals surface area contributed by atoms with E-state index in [0.29, 0.717) is 15.6 Å². The molecule has 2 aromatic heterocycles. The summed E-state index contributed by atoms with van der Waals surface area (Å²) in [6.07, 6.45) is 5.29. The second-order valence-electron chi connectivity index (χ2n) is 8.40. The average Bonchev–Trinajstić information content (AvgIpc) is 3.34. The van der Waals surface area contributed by atoms with Gasteiger partial charge in [-0.2, -0.15) is 5.26 Å². The van der Waals surface area contributed by atoms with Gasteiger partial charge in [0.2, 0.25) is 0 Å². The molecule has 0 saturated carbocycles. The fraction of sp³-hybridized carbons (Fsp3) is 0.296. The van der Waals surface area contributed by atoms with E-state index in [-0.39, 0.29) is 12.2 Å². The summed E-state index contributed by atoms with van der Waals surface area (Å²) in [5, 5.41) is 13.7. The Kier molecular flexibility index (Phi) is 7.44. The first-order chi connectivity index (χ1) is 16.8. The first kappa shape index (κ1) is 24.8. The molecule has 0 atom stereocenters. The molecule has 0 saturated heterocycles. The Balaban J connectivity index is 1.66. The number of aromatic nitrogens is 1. The topological polar surface area (TPSA) is 84.1 Å². The fourth-order valence-corrected chi connectivity index (χ4v) is 5.87. The average molecular weight is 508 g/mol. The Hall–Kier alpha value is -3.34. The zero-order valence-corrected chi connectivity index (χ0v) is 21.5. The zero-order chi connectivity index (χ0) is 25.1. The number of aryl methyl sites for hydroxylation is 2. The van der Waals surface area contributed by atoms with Gasteiger partial charge in [-0.05, 0) is 94.0 Å². The minimum atomic E-state index is -0.548. The monoisotopic (exact) mass is 507 g/mol. The van der Waals surface area contributed by atoms with Crippen LogP contribution in [0.25, 0.3) is 11.8 Å². The van der Waals surface area contributed by atoms with Crippen molar-refractivity contribution in [1.82, 2.24) is 4.57 Å². The van der Waals surface area contributed by atoms with Gasteiger partial charge >= 0.3 is 5.97 Å². The molecule has 1 N–H and O–H groups in total. The molecule has 1 amide bonds. The van der Waals surface area contributed by atoms with E-state index in [9.17, 15) is 14.9 Å². The summed E-state index contributed by atoms with van der Waals surface area (Å²) in [5.74, 6) is -0.982. The summed E-state index contributed by atoms with van der Waals surface area (Å²) < 4.78 is 7.31. The van der Waals surface area contributed by atoms with Gasteiger partial charge in [0, 0.05) is 27.0 Å². The van der Waals surface area contributed by atoms with Gasteiger partial charge in [0.15, 0.2) is 0 Å². The second-order valence-corrected chi connectivity index (χ2v) is 9.94. The van der Waals surface area contributed by atoms with Crippen molar-refractivity contribution in [1.29, 1.82) is 5.26 Å². The minimum absolute atomic E-state index is 0.0393. The maximum atomic E-state index is 13.1. The summed E-state index contributed by atoms with van der Waals surface area (Å²) in [7, 11) is 0. The van der Waals surface area contributed by atoms with Gasteiger partial charge < -0.3 is 14.6 Å². The second kappa shape index (κ2) is 10.5. The van der Waals surface area contributed by atoms with Gasteiger partial charge in [-0.25, -0.2) is 4.79 Å². The molecule has 0 unspecified atom stereocenters. The highest BCUT2D eigenvalue weighted by Gasteiger charge is 2.28. The van der Waals surface area contributed by atoms with E-state index in [2.05, 4.69) is 5.32 Å². The predicted octanol–water partition coefficient (Wildman–Crippen LogP) is 6.41. The van der Waals surface area contributed by atoms with E-state index in [1.807, 2.05) is 54.8 Å². The molecule has 0 radical (unpaired) electrons. The van der Waals surface area contributed by atoms with Crippen LogP contribution in [0.4, 0.5) is 5.00 Å². The van der Waals surface area contributed by atoms with Crippen molar-refractivity contribution in [2.45, 2.75) is 46.5 Å². The molecule has 2 heterocycles. The van der Waals surface area contributed by atoms with Gasteiger partial charge in [0.25, 0.3) is 5.91 Å². The number of amides is 1. The van der Waals surface area contributed by atoms with Gasteiger partial charge in [0.05, 0.1) is 12.2 Å². The van der Waals surface area contributed by atoms with E-state index < -0.39 is 11.9 Å². The van der Waals surface area contributed by atoms with Crippen molar-refractivity contribution >= 4 is 45.9 Å². The Morgan fingerprint density at radius 1 is 1.23 bits per heavy atom. The van der Waals surface area contributed by atoms with Crippen LogP contribution < -0.4 is 5.32 Å². The number of thiophene rings is 1. The van der Waals surface area contributed by atoms with Crippen LogP contribution in [0.5, 0.6) is 0 Å². The van der Waals surface area contributed by atoms with Crippen LogP contribution in [0, 0.1) is 25.2 Å². The van der Waals surface area contributed by atoms with E-state index in [1.165, 1.54) is 11.3 Å². The number of ether oxygens (including phenoxy) is 1. The molecule has 3 aromatic rings. The summed E-state index contributed by atoms with van der Waals surface area (Å²) in [4.78, 5) is 26.9. The fourth-order valence-electron chi connectivity index (χ4n) is 4.47. The summed E-state index contributed by atoms with van der Waals surface area (Å²) in [6.45, 7) is 5.91. The third-order valence-electron chi connectivity index (χ3n) is 6.10. The summed E-state index contributed by atoms with van der Waals surface area (Å²) in [5.41, 5.74) is 4.91. The number of nitrogens with one attached hydrogen (secondary N) is 1. The van der Waals surface area contributed by atoms with Crippen LogP contribution in [-0.2, 0) is 22.4 Å². The van der Waals surface area contributed by atoms with Crippen LogP contribution in [0.15, 0.2) is 35.9 Å². The highest BCUT2D eigenvalue weighted by molar-refractivity contribution is 7.17. The molecule has 1 aromatic carbocycles. The maximum absolute atomic E-state index is 13.1. The number of hydrogen-bond acceptors (Lipinski definition) is 5. The lowest BCUT2D eigenvalue weighted by molar-refractivity contribution is -0.112. The Morgan fingerprint density at radius 2 is 1.94 bits per heavy atom. The number of carbonyl (C=O) groups excluding carboxylic acids is 2. The zero-order valence-electron chi connectivity index (χ0n) is 19.9. The Labute approximate surface area is 213 Å². The predicted molar refractivity (Wildman–Crippen MR) is 139 cm³/mol. The van der Waals surface area contributed by atoms with Gasteiger partial charge in [-0.3, -0.25) is 4.79 Å². The molecular formula is C27H26ClN3O3S. The van der Waals surface area contributed by atoms with Crippen molar-refractivity contribution in [2.75, 3.05) is 11.9 Å². The third-order valence-corrected chi connectivity index (χ3v) is 7.56. The SMILES string of the molecule is CCOC(=O)c1c(NC(=O)/C(C#N)=C/c2cc(C)n(-c3ccc(Cl)cc3)c2C)sc2c1CCCC2. The standard InChI is InChI=1S/C27H26ClN3O3S/c1-4-34-27(33)24-22-7-5-6-8-23(22)35-26(24)30-25(32)19(15-29)14-18-13-16(2)31(17(18)3)21-11-9-20(28)10-12-21/h9-14H,4-8H2,1-3H3,(H,30,32)/b19-14+. The van der Waals surface area contributed by atoms with Crippen LogP contribution in [0.2, 0.25) is 5.02 Å². The van der Waals surface area contributed by atoms with E-state index in [1.54, 1.807) is 13.0 Å². The van der Waals surface area contributed by atoms with Gasteiger partial charge in [-0.15, -0.1) is 11.3 Å². The smallest absolute Gasteiger partial charge is 0.341 e. The first-order valence-corrected chi connectivity index (χ1v) is 12.7. The number of anilines is 1. The van der Waals surface area contributed by atoms with Crippen LogP contribution in [0.3, 0.4) is 0 Å². The van der Waals surface area contributed by atoms with Crippen LogP contribution >= 0.6 is 22.9 Å². The highest BCUT2D eigenvalue weighted by atomic mass is 35.5. The highest BCUT2D eigenvalue weighted by Crippen LogP contribution is 2.39. The minimum Gasteiger partial charge on any atom is -0.462 e. The molecular weight excluding hydrogens is 482 g/mol. The van der Waals surface area contributed by atoms with Crippen molar-refractivity contribution < 1.29 is 14.3 Å². The summed E-state index contributed by atoms with van der Waals surface area (Å²) in [6, 6.07) is 11.4.